The number of benzene rings is 1. The summed E-state index contributed by atoms with van der Waals surface area (Å²) in [6.07, 6.45) is 1.03. The van der Waals surface area contributed by atoms with E-state index >= 15 is 0 Å². The van der Waals surface area contributed by atoms with E-state index in [9.17, 15) is 0 Å². The largest absolute Gasteiger partial charge is 0.147 e. The van der Waals surface area contributed by atoms with Gasteiger partial charge in [-0.3, -0.25) is 0 Å². The van der Waals surface area contributed by atoms with Crippen molar-refractivity contribution < 1.29 is 0 Å². The van der Waals surface area contributed by atoms with Gasteiger partial charge in [-0.25, -0.2) is 0 Å². The molecular formula is C14H13ClS. The molecule has 0 aliphatic heterocycles. The summed E-state index contributed by atoms with van der Waals surface area (Å²) in [4.78, 5) is 1.11. The molecule has 0 saturated heterocycles. The van der Waals surface area contributed by atoms with Crippen molar-refractivity contribution in [3.63, 3.8) is 0 Å². The first-order chi connectivity index (χ1) is 7.67. The monoisotopic (exact) mass is 248 g/mol. The number of alkyl halides is 1. The minimum atomic E-state index is -0.178. The van der Waals surface area contributed by atoms with Gasteiger partial charge >= 0.3 is 0 Å². The van der Waals surface area contributed by atoms with Gasteiger partial charge in [0, 0.05) is 10.3 Å². The summed E-state index contributed by atoms with van der Waals surface area (Å²) in [7, 11) is 0. The van der Waals surface area contributed by atoms with Crippen LogP contribution in [0.3, 0.4) is 0 Å². The van der Waals surface area contributed by atoms with Crippen LogP contribution in [0.25, 0.3) is 0 Å². The van der Waals surface area contributed by atoms with Gasteiger partial charge < -0.3 is 0 Å². The second kappa shape index (κ2) is 3.35. The van der Waals surface area contributed by atoms with Gasteiger partial charge in [0.2, 0.25) is 0 Å². The van der Waals surface area contributed by atoms with Crippen LogP contribution in [0.4, 0.5) is 0 Å². The average molecular weight is 249 g/mol. The lowest BCUT2D eigenvalue weighted by Crippen LogP contribution is -2.12. The molecule has 0 amide bonds. The highest BCUT2D eigenvalue weighted by Crippen LogP contribution is 2.68. The molecule has 1 heterocycles. The molecule has 0 radical (unpaired) electrons. The van der Waals surface area contributed by atoms with Crippen molar-refractivity contribution in [1.29, 1.82) is 0 Å². The van der Waals surface area contributed by atoms with E-state index in [2.05, 4.69) is 54.8 Å². The number of halogens is 1. The standard InChI is InChI=1S/C14H13ClS/c1-13(11-6-3-2-4-7-11)10-14(13,15)12-8-5-9-16-12/h2-9H,10H2,1H3/t13-,14-/m0/s1. The summed E-state index contributed by atoms with van der Waals surface area (Å²) < 4.78 is 0. The van der Waals surface area contributed by atoms with Crippen LogP contribution in [0.15, 0.2) is 47.8 Å². The third-order valence-electron chi connectivity index (χ3n) is 3.67. The molecule has 0 bridgehead atoms. The molecule has 0 N–H and O–H groups in total. The summed E-state index contributed by atoms with van der Waals surface area (Å²) in [5, 5.41) is 2.10. The highest BCUT2D eigenvalue weighted by atomic mass is 35.5. The van der Waals surface area contributed by atoms with Crippen LogP contribution in [0.2, 0.25) is 0 Å². The first-order valence-corrected chi connectivity index (χ1v) is 6.71. The molecule has 2 heteroatoms. The van der Waals surface area contributed by atoms with Gasteiger partial charge in [0.05, 0.1) is 4.87 Å². The molecule has 1 aromatic carbocycles. The Morgan fingerprint density at radius 1 is 1.12 bits per heavy atom. The van der Waals surface area contributed by atoms with E-state index in [-0.39, 0.29) is 10.3 Å². The molecule has 2 atom stereocenters. The Hall–Kier alpha value is -0.790. The lowest BCUT2D eigenvalue weighted by molar-refractivity contribution is 0.721. The maximum absolute atomic E-state index is 6.76. The zero-order valence-electron chi connectivity index (χ0n) is 9.11. The predicted molar refractivity (Wildman–Crippen MR) is 70.3 cm³/mol. The third-order valence-corrected chi connectivity index (χ3v) is 5.57. The topological polar surface area (TPSA) is 0 Å². The van der Waals surface area contributed by atoms with Crippen LogP contribution in [0.5, 0.6) is 0 Å². The molecule has 1 aliphatic carbocycles. The SMILES string of the molecule is C[C@@]1(c2ccccc2)C[C@]1(Cl)c1cccs1. The zero-order chi connectivity index (χ0) is 11.2. The fraction of sp³-hybridized carbons (Fsp3) is 0.286. The first-order valence-electron chi connectivity index (χ1n) is 5.45. The second-order valence-electron chi connectivity index (χ2n) is 4.65. The number of hydrogen-bond donors (Lipinski definition) is 0. The van der Waals surface area contributed by atoms with Gasteiger partial charge in [-0.05, 0) is 23.4 Å². The fourth-order valence-electron chi connectivity index (χ4n) is 2.44. The lowest BCUT2D eigenvalue weighted by Gasteiger charge is -2.16. The van der Waals surface area contributed by atoms with Crippen molar-refractivity contribution >= 4 is 22.9 Å². The minimum Gasteiger partial charge on any atom is -0.147 e. The van der Waals surface area contributed by atoms with Gasteiger partial charge in [-0.2, -0.15) is 0 Å². The van der Waals surface area contributed by atoms with Crippen LogP contribution >= 0.6 is 22.9 Å². The molecular weight excluding hydrogens is 236 g/mol. The molecule has 0 unspecified atom stereocenters. The van der Waals surface area contributed by atoms with E-state index in [1.54, 1.807) is 11.3 Å². The van der Waals surface area contributed by atoms with Gasteiger partial charge in [-0.15, -0.1) is 22.9 Å². The zero-order valence-corrected chi connectivity index (χ0v) is 10.7. The molecule has 1 aromatic heterocycles. The summed E-state index contributed by atoms with van der Waals surface area (Å²) in [5.41, 5.74) is 1.44. The molecule has 3 rings (SSSR count). The predicted octanol–water partition coefficient (Wildman–Crippen LogP) is 4.54. The maximum atomic E-state index is 6.76. The van der Waals surface area contributed by atoms with E-state index in [0.717, 1.165) is 6.42 Å². The number of hydrogen-bond acceptors (Lipinski definition) is 1. The van der Waals surface area contributed by atoms with Gasteiger partial charge in [0.15, 0.2) is 0 Å². The molecule has 16 heavy (non-hydrogen) atoms. The maximum Gasteiger partial charge on any atom is 0.0890 e. The normalized spacial score (nSPS) is 32.6. The summed E-state index contributed by atoms with van der Waals surface area (Å²) in [6, 6.07) is 14.8. The highest BCUT2D eigenvalue weighted by Gasteiger charge is 2.65. The Balaban J connectivity index is 2.00. The van der Waals surface area contributed by atoms with Crippen molar-refractivity contribution in [3.8, 4) is 0 Å². The van der Waals surface area contributed by atoms with Gasteiger partial charge in [0.25, 0.3) is 0 Å². The molecule has 2 aromatic rings. The van der Waals surface area contributed by atoms with Gasteiger partial charge in [-0.1, -0.05) is 43.3 Å². The summed E-state index contributed by atoms with van der Waals surface area (Å²) in [6.45, 7) is 2.26. The van der Waals surface area contributed by atoms with E-state index in [1.165, 1.54) is 10.4 Å². The smallest absolute Gasteiger partial charge is 0.0890 e. The van der Waals surface area contributed by atoms with Crippen LogP contribution in [0.1, 0.15) is 23.8 Å². The molecule has 82 valence electrons. The van der Waals surface area contributed by atoms with Crippen molar-refractivity contribution in [2.75, 3.05) is 0 Å². The molecule has 1 fully saturated rings. The Kier molecular flexibility index (Phi) is 2.17. The van der Waals surface area contributed by atoms with Crippen molar-refractivity contribution in [1.82, 2.24) is 0 Å². The van der Waals surface area contributed by atoms with Crippen LogP contribution < -0.4 is 0 Å². The van der Waals surface area contributed by atoms with Crippen molar-refractivity contribution in [2.24, 2.45) is 0 Å². The molecule has 1 aliphatic rings. The Morgan fingerprint density at radius 2 is 1.88 bits per heavy atom. The quantitative estimate of drug-likeness (QED) is 0.685. The molecule has 0 nitrogen and oxygen atoms in total. The van der Waals surface area contributed by atoms with Crippen molar-refractivity contribution in [2.45, 2.75) is 23.6 Å². The van der Waals surface area contributed by atoms with Gasteiger partial charge in [0.1, 0.15) is 0 Å². The highest BCUT2D eigenvalue weighted by molar-refractivity contribution is 7.10. The summed E-state index contributed by atoms with van der Waals surface area (Å²) >= 11 is 8.52. The Labute approximate surface area is 105 Å². The second-order valence-corrected chi connectivity index (χ2v) is 6.25. The number of thiophene rings is 1. The third kappa shape index (κ3) is 1.28. The average Bonchev–Trinajstić information content (AvgIpc) is 2.75. The lowest BCUT2D eigenvalue weighted by atomic mass is 9.95. The van der Waals surface area contributed by atoms with E-state index in [4.69, 9.17) is 11.6 Å². The van der Waals surface area contributed by atoms with Crippen LogP contribution in [0, 0.1) is 0 Å². The number of rotatable bonds is 2. The van der Waals surface area contributed by atoms with E-state index in [1.807, 2.05) is 0 Å². The Bertz CT molecular complexity index is 491. The molecule has 0 spiro atoms. The van der Waals surface area contributed by atoms with E-state index < -0.39 is 0 Å². The van der Waals surface area contributed by atoms with Crippen LogP contribution in [-0.2, 0) is 10.3 Å². The Morgan fingerprint density at radius 3 is 2.50 bits per heavy atom. The first kappa shape index (κ1) is 10.4. The summed E-state index contributed by atoms with van der Waals surface area (Å²) in [5.74, 6) is 0. The minimum absolute atomic E-state index is 0.0979. The van der Waals surface area contributed by atoms with Crippen molar-refractivity contribution in [3.05, 3.63) is 58.3 Å². The van der Waals surface area contributed by atoms with Crippen LogP contribution in [-0.4, -0.2) is 0 Å². The molecule has 1 saturated carbocycles. The fourth-order valence-corrected chi connectivity index (χ4v) is 3.96. The van der Waals surface area contributed by atoms with E-state index in [0.29, 0.717) is 0 Å².